The minimum atomic E-state index is -4.87. The quantitative estimate of drug-likeness (QED) is 0.353. The maximum Gasteiger partial charge on any atom is 0.471 e. The minimum absolute atomic E-state index is 0.00950. The number of isothiocyanates is 1. The molecule has 2 aromatic rings. The Morgan fingerprint density at radius 2 is 1.59 bits per heavy atom. The number of aryl methyl sites for hydroxylation is 1. The van der Waals surface area contributed by atoms with E-state index < -0.39 is 18.1 Å². The molecular formula is C25H28F3N3O2S. The van der Waals surface area contributed by atoms with Gasteiger partial charge in [-0.15, -0.1) is 0 Å². The average Bonchev–Trinajstić information content (AvgIpc) is 2.80. The van der Waals surface area contributed by atoms with Crippen molar-refractivity contribution in [2.45, 2.75) is 51.2 Å². The molecule has 1 N–H and O–H groups in total. The van der Waals surface area contributed by atoms with Crippen LogP contribution in [0.5, 0.6) is 0 Å². The summed E-state index contributed by atoms with van der Waals surface area (Å²) in [7, 11) is 1.16. The maximum absolute atomic E-state index is 12.6. The van der Waals surface area contributed by atoms with E-state index in [1.54, 1.807) is 6.92 Å². The molecule has 2 amide bonds. The molecule has 182 valence electrons. The second-order valence-electron chi connectivity index (χ2n) is 8.11. The molecule has 1 atom stereocenters. The lowest BCUT2D eigenvalue weighted by atomic mass is 10.0. The van der Waals surface area contributed by atoms with Crippen LogP contribution < -0.4 is 5.32 Å². The number of nitrogens with zero attached hydrogens (tertiary/aromatic N) is 2. The minimum Gasteiger partial charge on any atom is -0.356 e. The molecule has 1 unspecified atom stereocenters. The van der Waals surface area contributed by atoms with Gasteiger partial charge in [-0.1, -0.05) is 36.4 Å². The summed E-state index contributed by atoms with van der Waals surface area (Å²) in [6.45, 7) is 2.13. The molecule has 9 heteroatoms. The average molecular weight is 492 g/mol. The van der Waals surface area contributed by atoms with Crippen LogP contribution in [-0.2, 0) is 28.9 Å². The van der Waals surface area contributed by atoms with E-state index in [0.717, 1.165) is 47.2 Å². The highest BCUT2D eigenvalue weighted by molar-refractivity contribution is 7.78. The zero-order valence-corrected chi connectivity index (χ0v) is 20.0. The number of amides is 2. The zero-order valence-electron chi connectivity index (χ0n) is 19.2. The molecule has 5 nitrogen and oxygen atoms in total. The van der Waals surface area contributed by atoms with Gasteiger partial charge in [0.15, 0.2) is 0 Å². The van der Waals surface area contributed by atoms with Crippen molar-refractivity contribution in [1.29, 1.82) is 0 Å². The molecule has 34 heavy (non-hydrogen) atoms. The standard InChI is InChI=1S/C25H28F3N3O2S/c1-18(31(2)24(33)25(26,27)28)16-21-8-6-19(7-9-21)4-3-5-23(32)29-15-14-20-10-12-22(13-11-20)30-17-34/h6-13,18H,3-5,14-16H2,1-2H3,(H,29,32). The van der Waals surface area contributed by atoms with Crippen LogP contribution in [0.3, 0.4) is 0 Å². The Labute approximate surface area is 203 Å². The monoisotopic (exact) mass is 491 g/mol. The van der Waals surface area contributed by atoms with Crippen LogP contribution in [0.2, 0.25) is 0 Å². The van der Waals surface area contributed by atoms with Gasteiger partial charge in [-0.25, -0.2) is 0 Å². The number of likely N-dealkylation sites (N-methyl/N-ethyl adjacent to an activating group) is 1. The van der Waals surface area contributed by atoms with Gasteiger partial charge >= 0.3 is 12.1 Å². The van der Waals surface area contributed by atoms with Crippen LogP contribution >= 0.6 is 12.2 Å². The van der Waals surface area contributed by atoms with Gasteiger partial charge in [0.2, 0.25) is 5.91 Å². The Hall–Kier alpha value is -3.03. The fraction of sp³-hybridized carbons (Fsp3) is 0.400. The van der Waals surface area contributed by atoms with E-state index in [1.165, 1.54) is 0 Å². The Balaban J connectivity index is 1.69. The molecule has 0 fully saturated rings. The molecule has 2 aromatic carbocycles. The maximum atomic E-state index is 12.6. The number of benzene rings is 2. The molecule has 0 aliphatic carbocycles. The van der Waals surface area contributed by atoms with Crippen LogP contribution in [0.25, 0.3) is 0 Å². The van der Waals surface area contributed by atoms with Crippen molar-refractivity contribution in [3.05, 3.63) is 65.2 Å². The first-order chi connectivity index (χ1) is 16.1. The number of hydrogen-bond donors (Lipinski definition) is 1. The number of carbonyl (C=O) groups excluding carboxylic acids is 2. The molecule has 0 saturated heterocycles. The van der Waals surface area contributed by atoms with E-state index in [1.807, 2.05) is 48.5 Å². The Morgan fingerprint density at radius 3 is 2.18 bits per heavy atom. The second kappa shape index (κ2) is 13.0. The highest BCUT2D eigenvalue weighted by Gasteiger charge is 2.42. The molecule has 0 aromatic heterocycles. The van der Waals surface area contributed by atoms with Crippen LogP contribution in [-0.4, -0.2) is 47.7 Å². The van der Waals surface area contributed by atoms with Crippen molar-refractivity contribution >= 4 is 34.9 Å². The summed E-state index contributed by atoms with van der Waals surface area (Å²) in [5.74, 6) is -1.85. The summed E-state index contributed by atoms with van der Waals surface area (Å²) < 4.78 is 37.7. The van der Waals surface area contributed by atoms with Crippen molar-refractivity contribution in [2.24, 2.45) is 4.99 Å². The van der Waals surface area contributed by atoms with Gasteiger partial charge in [0.05, 0.1) is 10.8 Å². The second-order valence-corrected chi connectivity index (χ2v) is 8.29. The van der Waals surface area contributed by atoms with Gasteiger partial charge < -0.3 is 10.2 Å². The molecule has 0 aliphatic heterocycles. The molecule has 0 bridgehead atoms. The van der Waals surface area contributed by atoms with Crippen molar-refractivity contribution < 1.29 is 22.8 Å². The first-order valence-electron chi connectivity index (χ1n) is 11.0. The number of halogens is 3. The van der Waals surface area contributed by atoms with Crippen molar-refractivity contribution in [3.8, 4) is 0 Å². The lowest BCUT2D eigenvalue weighted by Gasteiger charge is -2.26. The topological polar surface area (TPSA) is 61.8 Å². The first-order valence-corrected chi connectivity index (χ1v) is 11.4. The Bertz CT molecular complexity index is 1000. The van der Waals surface area contributed by atoms with Crippen LogP contribution in [0, 0.1) is 0 Å². The predicted octanol–water partition coefficient (Wildman–Crippen LogP) is 5.05. The number of thiocarbonyl (C=S) groups is 1. The fourth-order valence-electron chi connectivity index (χ4n) is 3.40. The van der Waals surface area contributed by atoms with Gasteiger partial charge in [0.1, 0.15) is 0 Å². The lowest BCUT2D eigenvalue weighted by Crippen LogP contribution is -2.44. The molecule has 2 rings (SSSR count). The number of carbonyl (C=O) groups is 2. The summed E-state index contributed by atoms with van der Waals surface area (Å²) in [4.78, 5) is 28.0. The molecule has 0 saturated carbocycles. The summed E-state index contributed by atoms with van der Waals surface area (Å²) in [6.07, 6.45) is -2.01. The molecule has 0 heterocycles. The summed E-state index contributed by atoms with van der Waals surface area (Å²) in [6, 6.07) is 14.5. The Kier molecular flexibility index (Phi) is 10.4. The van der Waals surface area contributed by atoms with Crippen molar-refractivity contribution in [1.82, 2.24) is 10.2 Å². The lowest BCUT2D eigenvalue weighted by molar-refractivity contribution is -0.185. The first kappa shape index (κ1) is 27.2. The van der Waals surface area contributed by atoms with E-state index >= 15 is 0 Å². The number of nitrogens with one attached hydrogen (secondary N) is 1. The summed E-state index contributed by atoms with van der Waals surface area (Å²) >= 11 is 4.57. The van der Waals surface area contributed by atoms with Gasteiger partial charge in [0.25, 0.3) is 0 Å². The third-order valence-corrected chi connectivity index (χ3v) is 5.59. The molecule has 0 radical (unpaired) electrons. The van der Waals surface area contributed by atoms with Gasteiger partial charge in [-0.3, -0.25) is 9.59 Å². The van der Waals surface area contributed by atoms with Gasteiger partial charge in [-0.05, 0) is 73.6 Å². The smallest absolute Gasteiger partial charge is 0.356 e. The van der Waals surface area contributed by atoms with E-state index in [4.69, 9.17) is 0 Å². The highest BCUT2D eigenvalue weighted by Crippen LogP contribution is 2.20. The van der Waals surface area contributed by atoms with Gasteiger partial charge in [-0.2, -0.15) is 18.2 Å². The summed E-state index contributed by atoms with van der Waals surface area (Å²) in [5, 5.41) is 5.23. The fourth-order valence-corrected chi connectivity index (χ4v) is 3.50. The van der Waals surface area contributed by atoms with E-state index in [0.29, 0.717) is 25.8 Å². The van der Waals surface area contributed by atoms with Crippen molar-refractivity contribution in [2.75, 3.05) is 13.6 Å². The van der Waals surface area contributed by atoms with E-state index in [-0.39, 0.29) is 5.91 Å². The predicted molar refractivity (Wildman–Crippen MR) is 129 cm³/mol. The van der Waals surface area contributed by atoms with Crippen LogP contribution in [0.15, 0.2) is 53.5 Å². The third kappa shape index (κ3) is 9.08. The number of alkyl halides is 3. The highest BCUT2D eigenvalue weighted by atomic mass is 32.1. The number of rotatable bonds is 11. The van der Waals surface area contributed by atoms with Gasteiger partial charge in [0, 0.05) is 26.1 Å². The SMILES string of the molecule is CC(Cc1ccc(CCCC(=O)NCCc2ccc(N=C=S)cc2)cc1)N(C)C(=O)C(F)(F)F. The zero-order chi connectivity index (χ0) is 25.1. The summed E-state index contributed by atoms with van der Waals surface area (Å²) in [5.41, 5.74) is 3.72. The molecular weight excluding hydrogens is 463 g/mol. The number of hydrogen-bond acceptors (Lipinski definition) is 4. The Morgan fingerprint density at radius 1 is 1.03 bits per heavy atom. The molecule has 0 aliphatic rings. The largest absolute Gasteiger partial charge is 0.471 e. The van der Waals surface area contributed by atoms with Crippen LogP contribution in [0.4, 0.5) is 18.9 Å². The normalized spacial score (nSPS) is 11.9. The van der Waals surface area contributed by atoms with Crippen LogP contribution in [0.1, 0.15) is 36.5 Å². The molecule has 0 spiro atoms. The number of aliphatic imine (C=N–C) groups is 1. The van der Waals surface area contributed by atoms with Crippen molar-refractivity contribution in [3.63, 3.8) is 0 Å². The van der Waals surface area contributed by atoms with E-state index in [2.05, 4.69) is 27.7 Å². The third-order valence-electron chi connectivity index (χ3n) is 5.49. The van der Waals surface area contributed by atoms with E-state index in [9.17, 15) is 22.8 Å².